The second-order valence-corrected chi connectivity index (χ2v) is 11.3. The lowest BCUT2D eigenvalue weighted by Gasteiger charge is -2.36. The lowest BCUT2D eigenvalue weighted by atomic mass is 9.83. The average molecular weight is 739 g/mol. The van der Waals surface area contributed by atoms with Gasteiger partial charge in [-0.05, 0) is 139 Å². The van der Waals surface area contributed by atoms with E-state index in [1.165, 1.54) is 0 Å². The molecule has 0 amide bonds. The number of carbonyl (C=O) groups excluding carboxylic acids is 2. The quantitative estimate of drug-likeness (QED) is 0.156. The van der Waals surface area contributed by atoms with E-state index in [-0.39, 0.29) is 11.9 Å². The molecule has 1 fully saturated rings. The third-order valence-corrected chi connectivity index (χ3v) is 8.84. The molecule has 1 N–H and O–H groups in total. The van der Waals surface area contributed by atoms with Gasteiger partial charge in [0, 0.05) is 23.0 Å². The molecule has 29 heavy (non-hydrogen) atoms. The van der Waals surface area contributed by atoms with Gasteiger partial charge in [0.2, 0.25) is 0 Å². The van der Waals surface area contributed by atoms with Crippen LogP contribution in [0.25, 0.3) is 0 Å². The van der Waals surface area contributed by atoms with E-state index in [0.29, 0.717) is 24.5 Å². The molecule has 0 aliphatic carbocycles. The van der Waals surface area contributed by atoms with Gasteiger partial charge in [0.05, 0.1) is 12.2 Å². The molecule has 0 bridgehead atoms. The Balaban J connectivity index is 1.64. The van der Waals surface area contributed by atoms with Gasteiger partial charge in [-0.1, -0.05) is 0 Å². The van der Waals surface area contributed by atoms with E-state index in [9.17, 15) is 9.59 Å². The number of esters is 2. The molecule has 1 aliphatic rings. The molecule has 0 aromatic heterocycles. The lowest BCUT2D eigenvalue weighted by Crippen LogP contribution is -2.42. The minimum atomic E-state index is -0.406. The number of ether oxygens (including phenoxy) is 2. The van der Waals surface area contributed by atoms with Gasteiger partial charge in [-0.25, -0.2) is 4.79 Å². The topological polar surface area (TPSA) is 64.6 Å². The van der Waals surface area contributed by atoms with Gasteiger partial charge in [0.15, 0.2) is 0 Å². The molecule has 1 aliphatic heterocycles. The summed E-state index contributed by atoms with van der Waals surface area (Å²) in [5.41, 5.74) is 0.210. The van der Waals surface area contributed by atoms with Crippen LogP contribution in [0.4, 0.5) is 0 Å². The highest BCUT2D eigenvalue weighted by Crippen LogP contribution is 2.29. The Labute approximate surface area is 214 Å². The predicted octanol–water partition coefficient (Wildman–Crippen LogP) is 5.54. The lowest BCUT2D eigenvalue weighted by molar-refractivity contribution is -0.162. The van der Waals surface area contributed by atoms with E-state index >= 15 is 0 Å². The van der Waals surface area contributed by atoms with E-state index in [4.69, 9.17) is 9.47 Å². The van der Waals surface area contributed by atoms with Gasteiger partial charge < -0.3 is 14.8 Å². The van der Waals surface area contributed by atoms with Gasteiger partial charge >= 0.3 is 11.9 Å². The smallest absolute Gasteiger partial charge is 0.339 e. The van der Waals surface area contributed by atoms with Gasteiger partial charge in [0.1, 0.15) is 5.60 Å². The zero-order valence-corrected chi connectivity index (χ0v) is 23.3. The Morgan fingerprint density at radius 1 is 1.10 bits per heavy atom. The largest absolute Gasteiger partial charge is 0.462 e. The molecule has 162 valence electrons. The van der Waals surface area contributed by atoms with Crippen molar-refractivity contribution in [3.8, 4) is 0 Å². The van der Waals surface area contributed by atoms with Crippen molar-refractivity contribution >= 4 is 79.7 Å². The van der Waals surface area contributed by atoms with Crippen LogP contribution in [0.1, 0.15) is 62.7 Å². The minimum absolute atomic E-state index is 0.131. The molecule has 5 nitrogen and oxygen atoms in total. The summed E-state index contributed by atoms with van der Waals surface area (Å²) in [5, 5.41) is 3.34. The normalized spacial score (nSPS) is 15.2. The molecule has 0 saturated carbocycles. The maximum Gasteiger partial charge on any atom is 0.339 e. The van der Waals surface area contributed by atoms with Crippen molar-refractivity contribution in [2.75, 3.05) is 19.7 Å². The maximum atomic E-state index is 12.3. The minimum Gasteiger partial charge on any atom is -0.462 e. The standard InChI is InChI=1S/C21H28I3NO4/c1-21(2,14-7-9-25-10-8-14)29-18(26)6-4-3-5-11-28-20(27)16-12-15(22)13-17(23)19(16)24/h12-14,25H,3-11H2,1-2H3. The molecule has 1 aromatic rings. The van der Waals surface area contributed by atoms with Crippen LogP contribution in [-0.2, 0) is 14.3 Å². The maximum absolute atomic E-state index is 12.3. The number of hydrogen-bond donors (Lipinski definition) is 1. The second kappa shape index (κ2) is 12.4. The average Bonchev–Trinajstić information content (AvgIpc) is 2.67. The molecule has 0 atom stereocenters. The van der Waals surface area contributed by atoms with Crippen LogP contribution in [0, 0.1) is 16.6 Å². The zero-order chi connectivity index (χ0) is 21.4. The summed E-state index contributed by atoms with van der Waals surface area (Å²) in [6, 6.07) is 3.89. The summed E-state index contributed by atoms with van der Waals surface area (Å²) in [6.07, 6.45) is 4.83. The van der Waals surface area contributed by atoms with Crippen molar-refractivity contribution in [3.63, 3.8) is 0 Å². The molecule has 8 heteroatoms. The number of halogens is 3. The number of piperidine rings is 1. The summed E-state index contributed by atoms with van der Waals surface area (Å²) in [6.45, 7) is 6.39. The summed E-state index contributed by atoms with van der Waals surface area (Å²) in [7, 11) is 0. The number of hydrogen-bond acceptors (Lipinski definition) is 5. The highest BCUT2D eigenvalue weighted by molar-refractivity contribution is 14.1. The summed E-state index contributed by atoms with van der Waals surface area (Å²) in [4.78, 5) is 24.5. The van der Waals surface area contributed by atoms with Crippen LogP contribution in [0.5, 0.6) is 0 Å². The van der Waals surface area contributed by atoms with E-state index in [0.717, 1.165) is 55.9 Å². The van der Waals surface area contributed by atoms with Crippen LogP contribution in [-0.4, -0.2) is 37.2 Å². The monoisotopic (exact) mass is 739 g/mol. The number of rotatable bonds is 9. The van der Waals surface area contributed by atoms with Crippen LogP contribution in [0.15, 0.2) is 12.1 Å². The Morgan fingerprint density at radius 3 is 2.48 bits per heavy atom. The zero-order valence-electron chi connectivity index (χ0n) is 16.9. The Hall–Kier alpha value is 0.310. The molecular formula is C21H28I3NO4. The molecule has 0 unspecified atom stereocenters. The van der Waals surface area contributed by atoms with E-state index < -0.39 is 5.60 Å². The first-order valence-electron chi connectivity index (χ1n) is 9.95. The fraction of sp³-hybridized carbons (Fsp3) is 0.619. The Morgan fingerprint density at radius 2 is 1.79 bits per heavy atom. The molecule has 1 aromatic carbocycles. The van der Waals surface area contributed by atoms with Crippen molar-refractivity contribution in [2.45, 2.75) is 58.0 Å². The first-order valence-corrected chi connectivity index (χ1v) is 13.2. The predicted molar refractivity (Wildman–Crippen MR) is 139 cm³/mol. The molecular weight excluding hydrogens is 711 g/mol. The summed E-state index contributed by atoms with van der Waals surface area (Å²) in [5.74, 6) is 0.00139. The molecule has 2 rings (SSSR count). The highest BCUT2D eigenvalue weighted by Gasteiger charge is 2.33. The van der Waals surface area contributed by atoms with Crippen molar-refractivity contribution in [2.24, 2.45) is 5.92 Å². The highest BCUT2D eigenvalue weighted by atomic mass is 127. The SMILES string of the molecule is CC(C)(OC(=O)CCCCCOC(=O)c1cc(I)cc(I)c1I)C1CCNCC1. The number of unbranched alkanes of at least 4 members (excludes halogenated alkanes) is 2. The Bertz CT molecular complexity index is 718. The van der Waals surface area contributed by atoms with Crippen LogP contribution >= 0.6 is 67.8 Å². The third kappa shape index (κ3) is 8.40. The summed E-state index contributed by atoms with van der Waals surface area (Å²) < 4.78 is 14.2. The number of benzene rings is 1. The molecule has 1 saturated heterocycles. The van der Waals surface area contributed by atoms with Gasteiger partial charge in [-0.15, -0.1) is 0 Å². The molecule has 0 spiro atoms. The second-order valence-electron chi connectivity index (χ2n) is 7.80. The molecule has 1 heterocycles. The fourth-order valence-electron chi connectivity index (χ4n) is 3.44. The van der Waals surface area contributed by atoms with Gasteiger partial charge in [-0.2, -0.15) is 0 Å². The van der Waals surface area contributed by atoms with Gasteiger partial charge in [-0.3, -0.25) is 4.79 Å². The van der Waals surface area contributed by atoms with Crippen molar-refractivity contribution in [1.82, 2.24) is 5.32 Å². The van der Waals surface area contributed by atoms with Crippen LogP contribution in [0.3, 0.4) is 0 Å². The van der Waals surface area contributed by atoms with E-state index in [2.05, 4.69) is 73.1 Å². The van der Waals surface area contributed by atoms with Crippen LogP contribution in [0.2, 0.25) is 0 Å². The first-order chi connectivity index (χ1) is 13.7. The molecule has 0 radical (unpaired) electrons. The third-order valence-electron chi connectivity index (χ3n) is 5.17. The van der Waals surface area contributed by atoms with Crippen molar-refractivity contribution in [1.29, 1.82) is 0 Å². The fourth-order valence-corrected chi connectivity index (χ4v) is 5.82. The van der Waals surface area contributed by atoms with E-state index in [1.807, 2.05) is 26.0 Å². The van der Waals surface area contributed by atoms with E-state index in [1.54, 1.807) is 0 Å². The van der Waals surface area contributed by atoms with Crippen molar-refractivity contribution in [3.05, 3.63) is 28.4 Å². The first kappa shape index (κ1) is 25.6. The Kier molecular flexibility index (Phi) is 10.9. The number of carbonyl (C=O) groups is 2. The number of nitrogens with one attached hydrogen (secondary N) is 1. The summed E-state index contributed by atoms with van der Waals surface area (Å²) >= 11 is 6.61. The van der Waals surface area contributed by atoms with Crippen molar-refractivity contribution < 1.29 is 19.1 Å². The van der Waals surface area contributed by atoms with Crippen LogP contribution < -0.4 is 5.32 Å². The van der Waals surface area contributed by atoms with Gasteiger partial charge in [0.25, 0.3) is 0 Å².